The first-order chi connectivity index (χ1) is 14.1. The third-order valence-electron chi connectivity index (χ3n) is 4.04. The zero-order chi connectivity index (χ0) is 20.2. The second-order valence-electron chi connectivity index (χ2n) is 6.08. The molecule has 1 N–H and O–H groups in total. The summed E-state index contributed by atoms with van der Waals surface area (Å²) in [6.45, 7) is 1.97. The van der Waals surface area contributed by atoms with Gasteiger partial charge in [0.25, 0.3) is 5.91 Å². The van der Waals surface area contributed by atoms with Crippen LogP contribution in [0.1, 0.15) is 20.4 Å². The number of hydrogen-bond donors (Lipinski definition) is 1. The van der Waals surface area contributed by atoms with Crippen LogP contribution in [0, 0.1) is 12.7 Å². The van der Waals surface area contributed by atoms with E-state index >= 15 is 0 Å². The molecule has 0 unspecified atom stereocenters. The van der Waals surface area contributed by atoms with Crippen molar-refractivity contribution < 1.29 is 13.9 Å². The highest BCUT2D eigenvalue weighted by atomic mass is 32.1. The number of nitrogens with zero attached hydrogens (tertiary/aromatic N) is 4. The van der Waals surface area contributed by atoms with Crippen molar-refractivity contribution in [1.82, 2.24) is 20.0 Å². The summed E-state index contributed by atoms with van der Waals surface area (Å²) in [5.74, 6) is -0.0554. The number of carbonyl (C=O) groups excluding carboxylic acids is 1. The van der Waals surface area contributed by atoms with Gasteiger partial charge in [-0.25, -0.2) is 14.1 Å². The maximum absolute atomic E-state index is 13.0. The van der Waals surface area contributed by atoms with E-state index in [2.05, 4.69) is 20.6 Å². The number of carbonyl (C=O) groups is 1. The van der Waals surface area contributed by atoms with Crippen molar-refractivity contribution in [3.63, 3.8) is 0 Å². The van der Waals surface area contributed by atoms with Gasteiger partial charge in [-0.3, -0.25) is 4.79 Å². The van der Waals surface area contributed by atoms with Gasteiger partial charge in [-0.15, -0.1) is 16.4 Å². The zero-order valence-corrected chi connectivity index (χ0v) is 16.2. The van der Waals surface area contributed by atoms with Crippen LogP contribution in [0.2, 0.25) is 0 Å². The molecule has 0 fully saturated rings. The molecule has 0 aliphatic heterocycles. The van der Waals surface area contributed by atoms with Crippen LogP contribution in [0.15, 0.2) is 60.9 Å². The molecule has 0 aliphatic carbocycles. The highest BCUT2D eigenvalue weighted by molar-refractivity contribution is 7.13. The third kappa shape index (κ3) is 4.30. The van der Waals surface area contributed by atoms with Crippen molar-refractivity contribution in [2.24, 2.45) is 0 Å². The van der Waals surface area contributed by atoms with Gasteiger partial charge in [-0.2, -0.15) is 0 Å². The summed E-state index contributed by atoms with van der Waals surface area (Å²) in [6.07, 6.45) is 3.27. The molecule has 7 nitrogen and oxygen atoms in total. The Morgan fingerprint density at radius 3 is 2.76 bits per heavy atom. The van der Waals surface area contributed by atoms with E-state index in [0.717, 1.165) is 0 Å². The molecular weight excluding hydrogens is 393 g/mol. The summed E-state index contributed by atoms with van der Waals surface area (Å²) in [5, 5.41) is 11.3. The second-order valence-corrected chi connectivity index (χ2v) is 7.17. The van der Waals surface area contributed by atoms with Crippen molar-refractivity contribution in [2.45, 2.75) is 13.5 Å². The minimum Gasteiger partial charge on any atom is -0.486 e. The van der Waals surface area contributed by atoms with Gasteiger partial charge in [0, 0.05) is 0 Å². The number of para-hydroxylation sites is 2. The fraction of sp³-hybridized carbons (Fsp3) is 0.100. The van der Waals surface area contributed by atoms with Crippen molar-refractivity contribution in [2.75, 3.05) is 5.32 Å². The average molecular weight is 409 g/mol. The van der Waals surface area contributed by atoms with E-state index in [-0.39, 0.29) is 18.3 Å². The maximum atomic E-state index is 13.0. The number of anilines is 1. The first-order valence-corrected chi connectivity index (χ1v) is 9.53. The Morgan fingerprint density at radius 2 is 2.00 bits per heavy atom. The first-order valence-electron chi connectivity index (χ1n) is 8.72. The average Bonchev–Trinajstić information content (AvgIpc) is 3.38. The summed E-state index contributed by atoms with van der Waals surface area (Å²) in [4.78, 5) is 17.7. The Balaban J connectivity index is 1.48. The van der Waals surface area contributed by atoms with E-state index < -0.39 is 0 Å². The molecule has 0 saturated carbocycles. The lowest BCUT2D eigenvalue weighted by molar-refractivity contribution is 0.102. The summed E-state index contributed by atoms with van der Waals surface area (Å²) >= 11 is 1.26. The van der Waals surface area contributed by atoms with Crippen LogP contribution in [0.4, 0.5) is 10.1 Å². The number of amides is 1. The lowest BCUT2D eigenvalue weighted by Crippen LogP contribution is -2.13. The Morgan fingerprint density at radius 1 is 1.21 bits per heavy atom. The standard InChI is InChI=1S/C20H16FN5O2S/c1-13-19(29-18(23-13)12-28-15-8-6-14(21)7-9-15)20(27)24-16-4-2-3-5-17(16)26-11-10-22-25-26/h2-11H,12H2,1H3,(H,24,27). The molecule has 0 radical (unpaired) electrons. The van der Waals surface area contributed by atoms with Crippen molar-refractivity contribution in [1.29, 1.82) is 0 Å². The van der Waals surface area contributed by atoms with Crippen LogP contribution in [0.3, 0.4) is 0 Å². The van der Waals surface area contributed by atoms with Gasteiger partial charge in [0.1, 0.15) is 28.1 Å². The van der Waals surface area contributed by atoms with Crippen molar-refractivity contribution in [3.8, 4) is 11.4 Å². The van der Waals surface area contributed by atoms with Crippen LogP contribution >= 0.6 is 11.3 Å². The van der Waals surface area contributed by atoms with Gasteiger partial charge >= 0.3 is 0 Å². The van der Waals surface area contributed by atoms with Crippen LogP contribution in [-0.4, -0.2) is 25.9 Å². The summed E-state index contributed by atoms with van der Waals surface area (Å²) < 4.78 is 20.2. The Bertz CT molecular complexity index is 1130. The Hall–Kier alpha value is -3.59. The van der Waals surface area contributed by atoms with Gasteiger partial charge in [-0.05, 0) is 43.3 Å². The lowest BCUT2D eigenvalue weighted by atomic mass is 10.2. The molecule has 4 aromatic rings. The van der Waals surface area contributed by atoms with E-state index in [4.69, 9.17) is 4.74 Å². The highest BCUT2D eigenvalue weighted by Crippen LogP contribution is 2.24. The predicted octanol–water partition coefficient (Wildman–Crippen LogP) is 4.00. The molecule has 0 saturated heterocycles. The van der Waals surface area contributed by atoms with E-state index in [1.54, 1.807) is 42.2 Å². The van der Waals surface area contributed by atoms with Crippen LogP contribution in [0.25, 0.3) is 5.69 Å². The number of aryl methyl sites for hydroxylation is 1. The molecule has 4 rings (SSSR count). The zero-order valence-electron chi connectivity index (χ0n) is 15.4. The summed E-state index contributed by atoms with van der Waals surface area (Å²) in [6, 6.07) is 13.1. The number of nitrogens with one attached hydrogen (secondary N) is 1. The van der Waals surface area contributed by atoms with Crippen LogP contribution < -0.4 is 10.1 Å². The van der Waals surface area contributed by atoms with E-state index in [0.29, 0.717) is 32.7 Å². The maximum Gasteiger partial charge on any atom is 0.267 e. The predicted molar refractivity (Wildman–Crippen MR) is 107 cm³/mol. The van der Waals surface area contributed by atoms with Gasteiger partial charge in [0.05, 0.1) is 29.5 Å². The summed E-state index contributed by atoms with van der Waals surface area (Å²) in [5.41, 5.74) is 1.93. The molecule has 0 bridgehead atoms. The topological polar surface area (TPSA) is 81.9 Å². The van der Waals surface area contributed by atoms with Gasteiger partial charge in [0.2, 0.25) is 0 Å². The number of thiazole rings is 1. The third-order valence-corrected chi connectivity index (χ3v) is 5.17. The number of rotatable bonds is 6. The first kappa shape index (κ1) is 18.8. The number of hydrogen-bond acceptors (Lipinski definition) is 6. The van der Waals surface area contributed by atoms with Crippen molar-refractivity contribution >= 4 is 22.9 Å². The molecule has 1 amide bonds. The molecular formula is C20H16FN5O2S. The van der Waals surface area contributed by atoms with Gasteiger partial charge in [-0.1, -0.05) is 17.3 Å². The molecule has 146 valence electrons. The van der Waals surface area contributed by atoms with Crippen molar-refractivity contribution in [3.05, 3.63) is 82.3 Å². The Kier molecular flexibility index (Phi) is 5.30. The van der Waals surface area contributed by atoms with Gasteiger partial charge in [0.15, 0.2) is 0 Å². The van der Waals surface area contributed by atoms with E-state index in [9.17, 15) is 9.18 Å². The minimum absolute atomic E-state index is 0.194. The van der Waals surface area contributed by atoms with Gasteiger partial charge < -0.3 is 10.1 Å². The fourth-order valence-electron chi connectivity index (χ4n) is 2.70. The monoisotopic (exact) mass is 409 g/mol. The smallest absolute Gasteiger partial charge is 0.267 e. The molecule has 0 aliphatic rings. The van der Waals surface area contributed by atoms with E-state index in [1.807, 2.05) is 18.2 Å². The van der Waals surface area contributed by atoms with Crippen LogP contribution in [-0.2, 0) is 6.61 Å². The normalized spacial score (nSPS) is 10.7. The number of aromatic nitrogens is 4. The molecule has 9 heteroatoms. The summed E-state index contributed by atoms with van der Waals surface area (Å²) in [7, 11) is 0. The van der Waals surface area contributed by atoms with Crippen LogP contribution in [0.5, 0.6) is 5.75 Å². The molecule has 2 aromatic heterocycles. The molecule has 0 spiro atoms. The largest absolute Gasteiger partial charge is 0.486 e. The Labute approximate surface area is 169 Å². The number of ether oxygens (including phenoxy) is 1. The molecule has 2 aromatic carbocycles. The highest BCUT2D eigenvalue weighted by Gasteiger charge is 2.17. The number of halogens is 1. The molecule has 2 heterocycles. The molecule has 29 heavy (non-hydrogen) atoms. The molecule has 0 atom stereocenters. The second kappa shape index (κ2) is 8.19. The van der Waals surface area contributed by atoms with E-state index in [1.165, 1.54) is 23.5 Å². The fourth-order valence-corrected chi connectivity index (χ4v) is 3.57. The quantitative estimate of drug-likeness (QED) is 0.520. The number of benzene rings is 2. The minimum atomic E-state index is -0.326. The SMILES string of the molecule is Cc1nc(COc2ccc(F)cc2)sc1C(=O)Nc1ccccc1-n1ccnn1. The lowest BCUT2D eigenvalue weighted by Gasteiger charge is -2.09.